The van der Waals surface area contributed by atoms with Gasteiger partial charge < -0.3 is 14.2 Å². The maximum absolute atomic E-state index is 6.01. The molecule has 0 amide bonds. The highest BCUT2D eigenvalue weighted by atomic mass is 16.5. The molecule has 2 aromatic rings. The van der Waals surface area contributed by atoms with Crippen LogP contribution in [0.15, 0.2) is 42.6 Å². The summed E-state index contributed by atoms with van der Waals surface area (Å²) >= 11 is 0. The second-order valence-corrected chi connectivity index (χ2v) is 6.33. The first-order chi connectivity index (χ1) is 12.3. The van der Waals surface area contributed by atoms with Crippen LogP contribution in [0.4, 0.5) is 0 Å². The minimum absolute atomic E-state index is 0.318. The van der Waals surface area contributed by atoms with Crippen LogP contribution in [0.25, 0.3) is 0 Å². The van der Waals surface area contributed by atoms with E-state index < -0.39 is 0 Å². The Bertz CT molecular complexity index is 633. The highest BCUT2D eigenvalue weighted by Gasteiger charge is 2.20. The topological polar surface area (TPSA) is 43.8 Å². The number of rotatable bonds is 7. The number of piperidine rings is 1. The maximum atomic E-state index is 6.01. The van der Waals surface area contributed by atoms with E-state index in [0.29, 0.717) is 12.7 Å². The van der Waals surface area contributed by atoms with E-state index in [1.807, 2.05) is 30.5 Å². The van der Waals surface area contributed by atoms with Crippen LogP contribution in [-0.2, 0) is 17.9 Å². The molecule has 134 valence electrons. The molecule has 1 fully saturated rings. The van der Waals surface area contributed by atoms with Crippen molar-refractivity contribution in [1.82, 2.24) is 9.88 Å². The number of likely N-dealkylation sites (tertiary alicyclic amines) is 1. The van der Waals surface area contributed by atoms with Crippen LogP contribution in [0.5, 0.6) is 11.5 Å². The summed E-state index contributed by atoms with van der Waals surface area (Å²) in [5, 5.41) is 0. The van der Waals surface area contributed by atoms with Gasteiger partial charge in [0.1, 0.15) is 11.5 Å². The largest absolute Gasteiger partial charge is 0.497 e. The fourth-order valence-electron chi connectivity index (χ4n) is 3.14. The molecule has 0 unspecified atom stereocenters. The second-order valence-electron chi connectivity index (χ2n) is 6.33. The molecule has 1 aliphatic heterocycles. The lowest BCUT2D eigenvalue weighted by atomic mass is 10.1. The molecule has 0 saturated carbocycles. The van der Waals surface area contributed by atoms with Crippen molar-refractivity contribution in [2.45, 2.75) is 32.1 Å². The summed E-state index contributed by atoms with van der Waals surface area (Å²) < 4.78 is 16.7. The van der Waals surface area contributed by atoms with Gasteiger partial charge >= 0.3 is 0 Å². The van der Waals surface area contributed by atoms with E-state index in [2.05, 4.69) is 22.0 Å². The third kappa shape index (κ3) is 5.18. The molecule has 1 aromatic heterocycles. The number of hydrogen-bond acceptors (Lipinski definition) is 5. The lowest BCUT2D eigenvalue weighted by molar-refractivity contribution is -0.00524. The van der Waals surface area contributed by atoms with Crippen LogP contribution in [0.3, 0.4) is 0 Å². The summed E-state index contributed by atoms with van der Waals surface area (Å²) in [6, 6.07) is 12.0. The van der Waals surface area contributed by atoms with Crippen molar-refractivity contribution in [2.75, 3.05) is 27.3 Å². The zero-order valence-corrected chi connectivity index (χ0v) is 15.0. The molecule has 3 rings (SSSR count). The molecule has 0 bridgehead atoms. The van der Waals surface area contributed by atoms with Crippen molar-refractivity contribution in [3.63, 3.8) is 0 Å². The van der Waals surface area contributed by atoms with Crippen LogP contribution < -0.4 is 9.47 Å². The Morgan fingerprint density at radius 3 is 2.36 bits per heavy atom. The van der Waals surface area contributed by atoms with Crippen LogP contribution in [-0.4, -0.2) is 43.3 Å². The molecule has 1 aliphatic rings. The van der Waals surface area contributed by atoms with Gasteiger partial charge in [0.05, 0.1) is 32.6 Å². The van der Waals surface area contributed by atoms with E-state index in [4.69, 9.17) is 14.2 Å². The monoisotopic (exact) mass is 342 g/mol. The van der Waals surface area contributed by atoms with E-state index in [1.54, 1.807) is 14.2 Å². The van der Waals surface area contributed by atoms with Crippen LogP contribution in [0.1, 0.15) is 24.1 Å². The smallest absolute Gasteiger partial charge is 0.122 e. The molecule has 1 saturated heterocycles. The number of aromatic nitrogens is 1. The number of benzene rings is 1. The Morgan fingerprint density at radius 2 is 1.76 bits per heavy atom. The molecule has 0 atom stereocenters. The molecule has 0 N–H and O–H groups in total. The van der Waals surface area contributed by atoms with Gasteiger partial charge in [0.2, 0.25) is 0 Å². The van der Waals surface area contributed by atoms with E-state index in [9.17, 15) is 0 Å². The first kappa shape index (κ1) is 17.7. The lowest BCUT2D eigenvalue weighted by Gasteiger charge is -2.32. The number of methoxy groups -OCH3 is 2. The van der Waals surface area contributed by atoms with Crippen molar-refractivity contribution < 1.29 is 14.2 Å². The van der Waals surface area contributed by atoms with Gasteiger partial charge in [0.25, 0.3) is 0 Å². The van der Waals surface area contributed by atoms with E-state index in [1.165, 1.54) is 5.56 Å². The number of nitrogens with zero attached hydrogens (tertiary/aromatic N) is 2. The van der Waals surface area contributed by atoms with E-state index >= 15 is 0 Å². The Balaban J connectivity index is 1.48. The van der Waals surface area contributed by atoms with Crippen LogP contribution in [0, 0.1) is 0 Å². The summed E-state index contributed by atoms with van der Waals surface area (Å²) in [5.41, 5.74) is 2.21. The highest BCUT2D eigenvalue weighted by molar-refractivity contribution is 5.38. The normalized spacial score (nSPS) is 15.9. The molecule has 5 heteroatoms. The van der Waals surface area contributed by atoms with Crippen molar-refractivity contribution in [1.29, 1.82) is 0 Å². The van der Waals surface area contributed by atoms with Gasteiger partial charge in [0, 0.05) is 31.9 Å². The summed E-state index contributed by atoms with van der Waals surface area (Å²) in [5.74, 6) is 1.67. The molecule has 0 radical (unpaired) electrons. The zero-order valence-electron chi connectivity index (χ0n) is 15.0. The van der Waals surface area contributed by atoms with Crippen molar-refractivity contribution >= 4 is 0 Å². The number of ether oxygens (including phenoxy) is 3. The van der Waals surface area contributed by atoms with Crippen molar-refractivity contribution in [3.05, 3.63) is 53.9 Å². The average molecular weight is 342 g/mol. The Kier molecular flexibility index (Phi) is 6.25. The van der Waals surface area contributed by atoms with Gasteiger partial charge in [-0.05, 0) is 42.7 Å². The fraction of sp³-hybridized carbons (Fsp3) is 0.450. The van der Waals surface area contributed by atoms with Crippen molar-refractivity contribution in [2.24, 2.45) is 0 Å². The minimum Gasteiger partial charge on any atom is -0.497 e. The SMILES string of the molecule is COc1cc(CN2CCC(OCc3ccccn3)CC2)cc(OC)c1. The average Bonchev–Trinajstić information content (AvgIpc) is 2.68. The Morgan fingerprint density at radius 1 is 1.04 bits per heavy atom. The Labute approximate surface area is 149 Å². The van der Waals surface area contributed by atoms with Crippen LogP contribution in [0.2, 0.25) is 0 Å². The predicted molar refractivity (Wildman–Crippen MR) is 96.9 cm³/mol. The molecule has 2 heterocycles. The predicted octanol–water partition coefficient (Wildman–Crippen LogP) is 3.28. The zero-order chi connectivity index (χ0) is 17.5. The fourth-order valence-corrected chi connectivity index (χ4v) is 3.14. The van der Waals surface area contributed by atoms with E-state index in [-0.39, 0.29) is 0 Å². The molecular weight excluding hydrogens is 316 g/mol. The molecule has 25 heavy (non-hydrogen) atoms. The molecule has 1 aromatic carbocycles. The molecule has 5 nitrogen and oxygen atoms in total. The van der Waals surface area contributed by atoms with E-state index in [0.717, 1.165) is 49.7 Å². The first-order valence-electron chi connectivity index (χ1n) is 8.72. The van der Waals surface area contributed by atoms with Crippen LogP contribution >= 0.6 is 0 Å². The third-order valence-corrected chi connectivity index (χ3v) is 4.55. The van der Waals surface area contributed by atoms with Gasteiger partial charge in [-0.3, -0.25) is 9.88 Å². The lowest BCUT2D eigenvalue weighted by Crippen LogP contribution is -2.36. The Hall–Kier alpha value is -2.11. The number of hydrogen-bond donors (Lipinski definition) is 0. The summed E-state index contributed by atoms with van der Waals surface area (Å²) in [6.07, 6.45) is 4.23. The first-order valence-corrected chi connectivity index (χ1v) is 8.72. The van der Waals surface area contributed by atoms with Gasteiger partial charge in [-0.2, -0.15) is 0 Å². The van der Waals surface area contributed by atoms with Gasteiger partial charge in [-0.1, -0.05) is 6.07 Å². The minimum atomic E-state index is 0.318. The molecule has 0 spiro atoms. The van der Waals surface area contributed by atoms with Gasteiger partial charge in [0.15, 0.2) is 0 Å². The molecular formula is C20H26N2O3. The second kappa shape index (κ2) is 8.83. The van der Waals surface area contributed by atoms with Crippen molar-refractivity contribution in [3.8, 4) is 11.5 Å². The maximum Gasteiger partial charge on any atom is 0.122 e. The van der Waals surface area contributed by atoms with Gasteiger partial charge in [-0.25, -0.2) is 0 Å². The summed E-state index contributed by atoms with van der Waals surface area (Å²) in [6.45, 7) is 3.57. The third-order valence-electron chi connectivity index (χ3n) is 4.55. The summed E-state index contributed by atoms with van der Waals surface area (Å²) in [7, 11) is 3.37. The summed E-state index contributed by atoms with van der Waals surface area (Å²) in [4.78, 5) is 6.76. The van der Waals surface area contributed by atoms with Gasteiger partial charge in [-0.15, -0.1) is 0 Å². The standard InChI is InChI=1S/C20H26N2O3/c1-23-19-11-16(12-20(13-19)24-2)14-22-9-6-18(7-10-22)25-15-17-5-3-4-8-21-17/h3-5,8,11-13,18H,6-7,9-10,14-15H2,1-2H3. The quantitative estimate of drug-likeness (QED) is 0.773. The molecule has 0 aliphatic carbocycles. The number of pyridine rings is 1. The highest BCUT2D eigenvalue weighted by Crippen LogP contribution is 2.24.